The van der Waals surface area contributed by atoms with Crippen LogP contribution in [0.3, 0.4) is 0 Å². The highest BCUT2D eigenvalue weighted by Gasteiger charge is 2.70. The highest BCUT2D eigenvalue weighted by Crippen LogP contribution is 2.71. The van der Waals surface area contributed by atoms with Gasteiger partial charge in [-0.15, -0.1) is 0 Å². The first-order valence-corrected chi connectivity index (χ1v) is 21.2. The minimum atomic E-state index is -5.05. The summed E-state index contributed by atoms with van der Waals surface area (Å²) < 4.78 is 75.0. The van der Waals surface area contributed by atoms with Crippen molar-refractivity contribution in [2.45, 2.75) is 158 Å². The largest absolute Gasteiger partial charge is 0.397 e. The summed E-state index contributed by atoms with van der Waals surface area (Å²) in [6.45, 7) is 12.2. The highest BCUT2D eigenvalue weighted by atomic mass is 32.3. The second kappa shape index (κ2) is 14.3. The Balaban J connectivity index is 1.07. The van der Waals surface area contributed by atoms with Gasteiger partial charge in [-0.2, -0.15) is 8.42 Å². The highest BCUT2D eigenvalue weighted by molar-refractivity contribution is 7.80. The van der Waals surface area contributed by atoms with Crippen LogP contribution >= 0.6 is 0 Å². The topological polar surface area (TPSA) is 240 Å². The van der Waals surface area contributed by atoms with Crippen molar-refractivity contribution < 1.29 is 76.2 Å². The van der Waals surface area contributed by atoms with Crippen molar-refractivity contribution in [3.8, 4) is 0 Å². The predicted molar refractivity (Wildman–Crippen MR) is 189 cm³/mol. The summed E-state index contributed by atoms with van der Waals surface area (Å²) in [6, 6.07) is 0. The first-order chi connectivity index (χ1) is 25.8. The third-order valence-electron chi connectivity index (χ3n) is 15.2. The number of rotatable bonds is 6. The summed E-state index contributed by atoms with van der Waals surface area (Å²) >= 11 is 0. The van der Waals surface area contributed by atoms with E-state index in [4.69, 9.17) is 32.6 Å². The number of hydrogen-bond donors (Lipinski definition) is 7. The second-order valence-electron chi connectivity index (χ2n) is 18.1. The summed E-state index contributed by atoms with van der Waals surface area (Å²) in [7, 11) is -5.05. The van der Waals surface area contributed by atoms with E-state index in [0.717, 1.165) is 43.3 Å². The quantitative estimate of drug-likeness (QED) is 0.145. The Labute approximate surface area is 321 Å². The van der Waals surface area contributed by atoms with E-state index in [0.29, 0.717) is 13.0 Å². The van der Waals surface area contributed by atoms with Crippen LogP contribution < -0.4 is 0 Å². The van der Waals surface area contributed by atoms with E-state index in [1.54, 1.807) is 0 Å². The van der Waals surface area contributed by atoms with Crippen LogP contribution in [0.15, 0.2) is 23.8 Å². The Kier molecular flexibility index (Phi) is 10.5. The maximum Gasteiger partial charge on any atom is 0.397 e. The summed E-state index contributed by atoms with van der Waals surface area (Å²) in [5.74, 6) is -0.362. The Hall–Kier alpha value is -1.13. The number of aliphatic hydroxyl groups is 6. The molecule has 0 bridgehead atoms. The van der Waals surface area contributed by atoms with Crippen LogP contribution in [0.1, 0.15) is 72.6 Å². The van der Waals surface area contributed by atoms with Crippen molar-refractivity contribution in [2.24, 2.45) is 40.4 Å². The van der Waals surface area contributed by atoms with Crippen LogP contribution in [0.2, 0.25) is 0 Å². The van der Waals surface area contributed by atoms with Gasteiger partial charge in [0.05, 0.1) is 43.7 Å². The van der Waals surface area contributed by atoms with Crippen LogP contribution in [-0.2, 0) is 43.0 Å². The molecule has 7 fully saturated rings. The van der Waals surface area contributed by atoms with Gasteiger partial charge in [-0.3, -0.25) is 4.55 Å². The molecular weight excluding hydrogens is 744 g/mol. The first-order valence-electron chi connectivity index (χ1n) is 19.8. The molecule has 3 saturated carbocycles. The SMILES string of the molecule is C=C1CCC2(OC1)OC1CC3C4C(O)C=C5CC(O)CC(OC6OCC(OS(=O)(=O)O)C(O)C6OC6OC(C)C(O)C(O)C6O)C5(C)C4CCC3(C)C1C2C. The zero-order valence-electron chi connectivity index (χ0n) is 31.8. The molecule has 4 aliphatic heterocycles. The molecule has 0 amide bonds. The van der Waals surface area contributed by atoms with Gasteiger partial charge in [0.15, 0.2) is 18.4 Å². The van der Waals surface area contributed by atoms with Crippen molar-refractivity contribution >= 4 is 10.4 Å². The zero-order chi connectivity index (χ0) is 39.6. The smallest absolute Gasteiger partial charge is 0.393 e. The summed E-state index contributed by atoms with van der Waals surface area (Å²) in [5.41, 5.74) is 1.07. The lowest BCUT2D eigenvalue weighted by atomic mass is 9.45. The molecule has 21 unspecified atom stereocenters. The predicted octanol–water partition coefficient (Wildman–Crippen LogP) is 0.718. The average molecular weight is 803 g/mol. The third-order valence-corrected chi connectivity index (χ3v) is 15.7. The van der Waals surface area contributed by atoms with Gasteiger partial charge in [0.2, 0.25) is 0 Å². The Morgan fingerprint density at radius 2 is 1.67 bits per heavy atom. The zero-order valence-corrected chi connectivity index (χ0v) is 32.6. The normalized spacial score (nSPS) is 55.3. The van der Waals surface area contributed by atoms with Gasteiger partial charge >= 0.3 is 10.4 Å². The van der Waals surface area contributed by atoms with Crippen molar-refractivity contribution in [3.05, 3.63) is 23.8 Å². The van der Waals surface area contributed by atoms with Crippen molar-refractivity contribution in [1.82, 2.24) is 0 Å². The molecule has 0 aromatic heterocycles. The molecule has 8 rings (SSSR count). The van der Waals surface area contributed by atoms with Gasteiger partial charge in [0, 0.05) is 24.2 Å². The van der Waals surface area contributed by atoms with E-state index in [-0.39, 0.29) is 47.5 Å². The number of fused-ring (bicyclic) bond motifs is 7. The van der Waals surface area contributed by atoms with E-state index in [2.05, 4.69) is 27.4 Å². The minimum absolute atomic E-state index is 0.0200. The van der Waals surface area contributed by atoms with Crippen LogP contribution in [0.5, 0.6) is 0 Å². The number of aliphatic hydroxyl groups excluding tert-OH is 6. The molecule has 7 N–H and O–H groups in total. The molecule has 16 nitrogen and oxygen atoms in total. The molecule has 8 aliphatic rings. The van der Waals surface area contributed by atoms with E-state index in [1.165, 1.54) is 6.92 Å². The monoisotopic (exact) mass is 802 g/mol. The summed E-state index contributed by atoms with van der Waals surface area (Å²) in [5, 5.41) is 66.1. The molecule has 0 radical (unpaired) electrons. The summed E-state index contributed by atoms with van der Waals surface area (Å²) in [4.78, 5) is 0. The molecule has 4 saturated heterocycles. The van der Waals surface area contributed by atoms with Crippen LogP contribution in [0.4, 0.5) is 0 Å². The fourth-order valence-corrected chi connectivity index (χ4v) is 12.9. The first kappa shape index (κ1) is 40.6. The molecule has 55 heavy (non-hydrogen) atoms. The molecule has 0 aromatic rings. The molecule has 21 atom stereocenters. The lowest BCUT2D eigenvalue weighted by Gasteiger charge is -2.61. The Morgan fingerprint density at radius 3 is 2.36 bits per heavy atom. The molecule has 4 heterocycles. The van der Waals surface area contributed by atoms with Gasteiger partial charge in [-0.25, -0.2) is 4.18 Å². The average Bonchev–Trinajstić information content (AvgIpc) is 3.56. The maximum atomic E-state index is 12.0. The third kappa shape index (κ3) is 6.61. The van der Waals surface area contributed by atoms with E-state index in [1.807, 2.05) is 6.08 Å². The van der Waals surface area contributed by atoms with Crippen molar-refractivity contribution in [3.63, 3.8) is 0 Å². The van der Waals surface area contributed by atoms with Crippen LogP contribution in [0.25, 0.3) is 0 Å². The van der Waals surface area contributed by atoms with Gasteiger partial charge < -0.3 is 59.1 Å². The standard InChI is InChI=1S/C38H58O16S/c1-16-6-9-38(49-14-16)17(2)28-24(53-38)13-22-27-21(7-8-36(22,28)4)37(5)19(11-23(27)40)10-20(39)12-26(37)51-35-33(30(42)25(15-48-35)54-55(45,46)47)52-34-32(44)31(43)29(41)18(3)50-34/h11,17-18,20-35,39-44H,1,6-10,12-15H2,2-5H3,(H,45,46,47). The van der Waals surface area contributed by atoms with E-state index < -0.39 is 102 Å². The van der Waals surface area contributed by atoms with Crippen molar-refractivity contribution in [2.75, 3.05) is 13.2 Å². The maximum absolute atomic E-state index is 12.0. The van der Waals surface area contributed by atoms with Gasteiger partial charge in [-0.1, -0.05) is 44.6 Å². The molecule has 1 spiro atoms. The molecule has 312 valence electrons. The minimum Gasteiger partial charge on any atom is -0.393 e. The lowest BCUT2D eigenvalue weighted by Crippen LogP contribution is -2.64. The van der Waals surface area contributed by atoms with Crippen LogP contribution in [-0.4, -0.2) is 142 Å². The van der Waals surface area contributed by atoms with E-state index in [9.17, 15) is 43.6 Å². The van der Waals surface area contributed by atoms with E-state index >= 15 is 0 Å². The second-order valence-corrected chi connectivity index (χ2v) is 19.2. The van der Waals surface area contributed by atoms with Crippen LogP contribution in [0, 0.1) is 40.4 Å². The molecule has 0 aromatic carbocycles. The fourth-order valence-electron chi connectivity index (χ4n) is 12.4. The number of hydrogen-bond acceptors (Lipinski definition) is 15. The lowest BCUT2D eigenvalue weighted by molar-refractivity contribution is -0.361. The summed E-state index contributed by atoms with van der Waals surface area (Å²) in [6.07, 6.45) is -9.98. The van der Waals surface area contributed by atoms with Gasteiger partial charge in [-0.05, 0) is 68.1 Å². The molecule has 17 heteroatoms. The fraction of sp³-hybridized carbons (Fsp3) is 0.895. The van der Waals surface area contributed by atoms with Crippen molar-refractivity contribution in [1.29, 1.82) is 0 Å². The Morgan fingerprint density at radius 1 is 0.927 bits per heavy atom. The van der Waals surface area contributed by atoms with Gasteiger partial charge in [0.1, 0.15) is 36.6 Å². The Bertz CT molecular complexity index is 1610. The molecule has 4 aliphatic carbocycles. The molecular formula is C38H58O16S. The number of ether oxygens (including phenoxy) is 6. The van der Waals surface area contributed by atoms with Gasteiger partial charge in [0.25, 0.3) is 0 Å².